The second-order valence-electron chi connectivity index (χ2n) is 3.62. The van der Waals surface area contributed by atoms with Crippen LogP contribution in [0, 0.1) is 10.1 Å². The first-order valence-corrected chi connectivity index (χ1v) is 6.54. The maximum absolute atomic E-state index is 10.4. The predicted octanol–water partition coefficient (Wildman–Crippen LogP) is 4.23. The average Bonchev–Trinajstić information content (AvgIpc) is 2.46. The number of aromatic hydroxyl groups is 1. The van der Waals surface area contributed by atoms with Crippen LogP contribution in [0.3, 0.4) is 0 Å². The van der Waals surface area contributed by atoms with Crippen LogP contribution in [0.1, 0.15) is 0 Å². The first-order chi connectivity index (χ1) is 9.88. The minimum absolute atomic E-state index is 0.0730. The zero-order chi connectivity index (χ0) is 16.0. The molecule has 2 rings (SSSR count). The highest BCUT2D eigenvalue weighted by atomic mass is 35.5. The summed E-state index contributed by atoms with van der Waals surface area (Å²) in [6, 6.07) is 10.7. The fourth-order valence-electron chi connectivity index (χ4n) is 1.27. The Morgan fingerprint density at radius 3 is 2.14 bits per heavy atom. The Labute approximate surface area is 135 Å². The van der Waals surface area contributed by atoms with Gasteiger partial charge in [0.25, 0.3) is 0 Å². The summed E-state index contributed by atoms with van der Waals surface area (Å²) in [7, 11) is 0. The molecule has 6 nitrogen and oxygen atoms in total. The number of nitro benzene ring substituents is 1. The number of benzene rings is 2. The van der Waals surface area contributed by atoms with Crippen LogP contribution in [0.2, 0.25) is 15.1 Å². The number of nitrogen functional groups attached to an aromatic ring is 1. The van der Waals surface area contributed by atoms with E-state index >= 15 is 0 Å². The molecule has 0 heterocycles. The molecule has 0 aliphatic heterocycles. The molecule has 0 radical (unpaired) electrons. The quantitative estimate of drug-likeness (QED) is 0.325. The lowest BCUT2D eigenvalue weighted by Gasteiger charge is -2.01. The third kappa shape index (κ3) is 4.64. The van der Waals surface area contributed by atoms with Crippen molar-refractivity contribution >= 4 is 46.2 Å². The van der Waals surface area contributed by atoms with Crippen molar-refractivity contribution in [3.05, 3.63) is 61.6 Å². The number of hydrogen-bond acceptors (Lipinski definition) is 5. The van der Waals surface area contributed by atoms with Crippen LogP contribution in [0.5, 0.6) is 5.75 Å². The molecular formula is C12H10Cl3N3O3. The summed E-state index contributed by atoms with van der Waals surface area (Å²) in [5.41, 5.74) is 2.78. The molecule has 2 aromatic rings. The predicted molar refractivity (Wildman–Crippen MR) is 84.0 cm³/mol. The highest BCUT2D eigenvalue weighted by Crippen LogP contribution is 2.43. The van der Waals surface area contributed by atoms with Gasteiger partial charge in [-0.2, -0.15) is 0 Å². The number of anilines is 1. The minimum atomic E-state index is -0.852. The lowest BCUT2D eigenvalue weighted by molar-refractivity contribution is -0.385. The van der Waals surface area contributed by atoms with Gasteiger partial charge in [-0.3, -0.25) is 16.0 Å². The van der Waals surface area contributed by atoms with E-state index in [0.29, 0.717) is 0 Å². The molecule has 2 aromatic carbocycles. The molecule has 0 aliphatic carbocycles. The molecule has 0 unspecified atom stereocenters. The number of nitrogens with two attached hydrogens (primary N) is 1. The van der Waals surface area contributed by atoms with Crippen molar-refractivity contribution in [2.45, 2.75) is 0 Å². The van der Waals surface area contributed by atoms with E-state index in [1.165, 1.54) is 0 Å². The molecule has 0 fully saturated rings. The van der Waals surface area contributed by atoms with Gasteiger partial charge in [0.05, 0.1) is 15.0 Å². The lowest BCUT2D eigenvalue weighted by atomic mass is 10.3. The number of para-hydroxylation sites is 1. The van der Waals surface area contributed by atoms with Crippen molar-refractivity contribution in [1.29, 1.82) is 0 Å². The topological polar surface area (TPSA) is 101 Å². The van der Waals surface area contributed by atoms with Gasteiger partial charge in [-0.15, -0.1) is 0 Å². The molecule has 21 heavy (non-hydrogen) atoms. The number of hydrogen-bond donors (Lipinski definition) is 3. The van der Waals surface area contributed by atoms with Crippen molar-refractivity contribution < 1.29 is 10.0 Å². The summed E-state index contributed by atoms with van der Waals surface area (Å²) in [5, 5.41) is 18.9. The summed E-state index contributed by atoms with van der Waals surface area (Å²) in [5.74, 6) is 4.42. The molecule has 0 spiro atoms. The van der Waals surface area contributed by atoms with Crippen molar-refractivity contribution in [2.75, 3.05) is 5.43 Å². The van der Waals surface area contributed by atoms with E-state index in [1.54, 1.807) is 0 Å². The van der Waals surface area contributed by atoms with Gasteiger partial charge in [0.1, 0.15) is 5.02 Å². The van der Waals surface area contributed by atoms with Crippen molar-refractivity contribution in [3.63, 3.8) is 0 Å². The standard InChI is InChI=1S/C6H2Cl3NO3.C6H8N2/c7-2-1-3(8)6(11)5(4(2)9)10(12)13;7-8-6-4-2-1-3-5-6/h1,11H;1-5,8H,7H2. The zero-order valence-corrected chi connectivity index (χ0v) is 12.7. The summed E-state index contributed by atoms with van der Waals surface area (Å²) in [6.07, 6.45) is 0. The normalized spacial score (nSPS) is 9.52. The van der Waals surface area contributed by atoms with Crippen LogP contribution in [-0.2, 0) is 0 Å². The molecule has 4 N–H and O–H groups in total. The number of nitro groups is 1. The Hall–Kier alpha value is -1.73. The molecule has 0 bridgehead atoms. The summed E-state index contributed by atoms with van der Waals surface area (Å²) >= 11 is 16.4. The van der Waals surface area contributed by atoms with Crippen LogP contribution in [-0.4, -0.2) is 10.0 Å². The van der Waals surface area contributed by atoms with E-state index in [0.717, 1.165) is 11.8 Å². The Morgan fingerprint density at radius 2 is 1.71 bits per heavy atom. The monoisotopic (exact) mass is 349 g/mol. The van der Waals surface area contributed by atoms with E-state index in [9.17, 15) is 10.1 Å². The number of hydrazine groups is 1. The first kappa shape index (κ1) is 17.3. The van der Waals surface area contributed by atoms with Crippen LogP contribution in [0.25, 0.3) is 0 Å². The molecule has 112 valence electrons. The molecule has 0 saturated heterocycles. The third-order valence-electron chi connectivity index (χ3n) is 2.24. The summed E-state index contributed by atoms with van der Waals surface area (Å²) < 4.78 is 0. The van der Waals surface area contributed by atoms with E-state index in [4.69, 9.17) is 45.8 Å². The number of nitrogens with one attached hydrogen (secondary N) is 1. The smallest absolute Gasteiger partial charge is 0.332 e. The number of phenols is 1. The maximum atomic E-state index is 10.4. The van der Waals surface area contributed by atoms with Crippen LogP contribution >= 0.6 is 34.8 Å². The Balaban J connectivity index is 0.000000235. The molecule has 0 aromatic heterocycles. The number of halogens is 3. The molecule has 0 saturated carbocycles. The second-order valence-corrected chi connectivity index (χ2v) is 4.81. The van der Waals surface area contributed by atoms with Gasteiger partial charge < -0.3 is 10.5 Å². The number of phenolic OH excluding ortho intramolecular Hbond substituents is 1. The van der Waals surface area contributed by atoms with Gasteiger partial charge in [0, 0.05) is 5.69 Å². The fourth-order valence-corrected chi connectivity index (χ4v) is 1.94. The van der Waals surface area contributed by atoms with Crippen LogP contribution in [0.15, 0.2) is 36.4 Å². The first-order valence-electron chi connectivity index (χ1n) is 5.41. The summed E-state index contributed by atoms with van der Waals surface area (Å²) in [4.78, 5) is 9.54. The van der Waals surface area contributed by atoms with Gasteiger partial charge in [0.2, 0.25) is 5.75 Å². The van der Waals surface area contributed by atoms with E-state index in [-0.39, 0.29) is 15.1 Å². The third-order valence-corrected chi connectivity index (χ3v) is 3.31. The van der Waals surface area contributed by atoms with Crippen LogP contribution in [0.4, 0.5) is 11.4 Å². The molecule has 0 atom stereocenters. The van der Waals surface area contributed by atoms with Gasteiger partial charge in [0.15, 0.2) is 0 Å². The van der Waals surface area contributed by atoms with Crippen molar-refractivity contribution in [3.8, 4) is 5.75 Å². The van der Waals surface area contributed by atoms with Crippen molar-refractivity contribution in [2.24, 2.45) is 5.84 Å². The van der Waals surface area contributed by atoms with Crippen molar-refractivity contribution in [1.82, 2.24) is 0 Å². The van der Waals surface area contributed by atoms with Gasteiger partial charge in [-0.05, 0) is 18.2 Å². The maximum Gasteiger partial charge on any atom is 0.332 e. The van der Waals surface area contributed by atoms with Gasteiger partial charge >= 0.3 is 5.69 Å². The van der Waals surface area contributed by atoms with Gasteiger partial charge in [-0.1, -0.05) is 53.0 Å². The highest BCUT2D eigenvalue weighted by Gasteiger charge is 2.24. The Morgan fingerprint density at radius 1 is 1.14 bits per heavy atom. The molecule has 0 aliphatic rings. The van der Waals surface area contributed by atoms with E-state index < -0.39 is 16.4 Å². The van der Waals surface area contributed by atoms with E-state index in [2.05, 4.69) is 5.43 Å². The molecule has 9 heteroatoms. The lowest BCUT2D eigenvalue weighted by Crippen LogP contribution is -2.05. The fraction of sp³-hybridized carbons (Fsp3) is 0. The average molecular weight is 351 g/mol. The Kier molecular flexibility index (Phi) is 6.51. The number of nitrogens with zero attached hydrogens (tertiary/aromatic N) is 1. The molecular weight excluding hydrogens is 341 g/mol. The van der Waals surface area contributed by atoms with Crippen LogP contribution < -0.4 is 11.3 Å². The summed E-state index contributed by atoms with van der Waals surface area (Å²) in [6.45, 7) is 0. The Bertz CT molecular complexity index is 612. The SMILES string of the molecule is NNc1ccccc1.O=[N+]([O-])c1c(O)c(Cl)cc(Cl)c1Cl. The van der Waals surface area contributed by atoms with E-state index in [1.807, 2.05) is 30.3 Å². The number of rotatable bonds is 2. The molecule has 0 amide bonds. The van der Waals surface area contributed by atoms with Gasteiger partial charge in [-0.25, -0.2) is 0 Å². The minimum Gasteiger partial charge on any atom is -0.501 e. The highest BCUT2D eigenvalue weighted by molar-refractivity contribution is 6.45. The second kappa shape index (κ2) is 7.90. The zero-order valence-electron chi connectivity index (χ0n) is 10.4. The largest absolute Gasteiger partial charge is 0.501 e.